The molecular weight excluding hydrogens is 430 g/mol. The van der Waals surface area contributed by atoms with Crippen LogP contribution in [0.25, 0.3) is 5.95 Å². The van der Waals surface area contributed by atoms with E-state index < -0.39 is 0 Å². The Kier molecular flexibility index (Phi) is 5.95. The van der Waals surface area contributed by atoms with Gasteiger partial charge < -0.3 is 14.4 Å². The molecule has 2 aromatic heterocycles. The highest BCUT2D eigenvalue weighted by atomic mass is 16.5. The Hall–Kier alpha value is -4.20. The molecule has 4 aromatic rings. The van der Waals surface area contributed by atoms with Crippen molar-refractivity contribution in [1.82, 2.24) is 24.6 Å². The van der Waals surface area contributed by atoms with Crippen molar-refractivity contribution in [3.8, 4) is 17.6 Å². The van der Waals surface area contributed by atoms with Gasteiger partial charge in [0.2, 0.25) is 5.88 Å². The van der Waals surface area contributed by atoms with Crippen LogP contribution >= 0.6 is 0 Å². The molecule has 1 aliphatic rings. The van der Waals surface area contributed by atoms with E-state index in [-0.39, 0.29) is 5.91 Å². The van der Waals surface area contributed by atoms with Gasteiger partial charge in [0, 0.05) is 31.0 Å². The molecule has 0 fully saturated rings. The van der Waals surface area contributed by atoms with Gasteiger partial charge in [0.15, 0.2) is 0 Å². The maximum Gasteiger partial charge on any atom is 0.257 e. The molecule has 8 nitrogen and oxygen atoms in total. The van der Waals surface area contributed by atoms with Gasteiger partial charge in [-0.3, -0.25) is 4.79 Å². The summed E-state index contributed by atoms with van der Waals surface area (Å²) in [6.07, 6.45) is 4.09. The summed E-state index contributed by atoms with van der Waals surface area (Å²) in [5, 5.41) is 4.34. The number of carbonyl (C=O) groups is 1. The van der Waals surface area contributed by atoms with Crippen LogP contribution in [0.5, 0.6) is 11.6 Å². The molecule has 0 saturated carbocycles. The van der Waals surface area contributed by atoms with Crippen LogP contribution < -0.4 is 9.47 Å². The van der Waals surface area contributed by atoms with E-state index in [2.05, 4.69) is 27.2 Å². The molecule has 172 valence electrons. The lowest BCUT2D eigenvalue weighted by atomic mass is 9.99. The highest BCUT2D eigenvalue weighted by Gasteiger charge is 2.23. The summed E-state index contributed by atoms with van der Waals surface area (Å²) >= 11 is 0. The largest absolute Gasteiger partial charge is 0.497 e. The zero-order valence-corrected chi connectivity index (χ0v) is 19.1. The fourth-order valence-electron chi connectivity index (χ4n) is 3.97. The van der Waals surface area contributed by atoms with Crippen LogP contribution in [-0.2, 0) is 19.6 Å². The zero-order valence-electron chi connectivity index (χ0n) is 19.1. The Labute approximate surface area is 197 Å². The third-order valence-corrected chi connectivity index (χ3v) is 5.82. The van der Waals surface area contributed by atoms with Crippen molar-refractivity contribution in [2.75, 3.05) is 13.7 Å². The third kappa shape index (κ3) is 4.61. The Morgan fingerprint density at radius 1 is 1.06 bits per heavy atom. The number of benzene rings is 2. The molecule has 1 aliphatic heterocycles. The minimum absolute atomic E-state index is 0.0515. The van der Waals surface area contributed by atoms with Crippen LogP contribution in [0.2, 0.25) is 0 Å². The number of hydrogen-bond acceptors (Lipinski definition) is 6. The van der Waals surface area contributed by atoms with Crippen molar-refractivity contribution < 1.29 is 14.3 Å². The number of carbonyl (C=O) groups excluding carboxylic acids is 1. The number of ether oxygens (including phenoxy) is 2. The first-order valence-electron chi connectivity index (χ1n) is 11.1. The average molecular weight is 456 g/mol. The number of amides is 1. The number of fused-ring (bicyclic) bond motifs is 1. The quantitative estimate of drug-likeness (QED) is 0.440. The van der Waals surface area contributed by atoms with Crippen molar-refractivity contribution in [2.45, 2.75) is 26.5 Å². The SMILES string of the molecule is COc1ccc(COc2cc(C)nc(-n3cc(C(=O)N4CCc5ccccc5C4)cn3)n2)cc1. The predicted octanol–water partition coefficient (Wildman–Crippen LogP) is 3.76. The van der Waals surface area contributed by atoms with Crippen LogP contribution in [0.3, 0.4) is 0 Å². The second kappa shape index (κ2) is 9.35. The van der Waals surface area contributed by atoms with Crippen LogP contribution in [0.1, 0.15) is 32.7 Å². The molecule has 0 radical (unpaired) electrons. The zero-order chi connectivity index (χ0) is 23.5. The predicted molar refractivity (Wildman–Crippen MR) is 126 cm³/mol. The molecule has 0 spiro atoms. The maximum atomic E-state index is 13.1. The molecule has 0 atom stereocenters. The summed E-state index contributed by atoms with van der Waals surface area (Å²) < 4.78 is 12.6. The first kappa shape index (κ1) is 21.6. The lowest BCUT2D eigenvalue weighted by Crippen LogP contribution is -2.35. The van der Waals surface area contributed by atoms with Crippen molar-refractivity contribution in [3.63, 3.8) is 0 Å². The third-order valence-electron chi connectivity index (χ3n) is 5.82. The number of rotatable bonds is 6. The van der Waals surface area contributed by atoms with Crippen molar-refractivity contribution in [1.29, 1.82) is 0 Å². The van der Waals surface area contributed by atoms with Gasteiger partial charge in [-0.25, -0.2) is 9.67 Å². The molecule has 8 heteroatoms. The maximum absolute atomic E-state index is 13.1. The molecule has 0 unspecified atom stereocenters. The van der Waals surface area contributed by atoms with Gasteiger partial charge in [-0.1, -0.05) is 36.4 Å². The molecular formula is C26H25N5O3. The normalized spacial score (nSPS) is 12.8. The van der Waals surface area contributed by atoms with Gasteiger partial charge in [-0.05, 0) is 42.2 Å². The van der Waals surface area contributed by atoms with Gasteiger partial charge in [0.25, 0.3) is 11.9 Å². The van der Waals surface area contributed by atoms with E-state index in [1.54, 1.807) is 25.6 Å². The lowest BCUT2D eigenvalue weighted by Gasteiger charge is -2.28. The van der Waals surface area contributed by atoms with E-state index in [9.17, 15) is 4.79 Å². The summed E-state index contributed by atoms with van der Waals surface area (Å²) in [6, 6.07) is 17.7. The van der Waals surface area contributed by atoms with Crippen molar-refractivity contribution in [3.05, 3.63) is 94.9 Å². The molecule has 0 aliphatic carbocycles. The Bertz CT molecular complexity index is 1320. The molecule has 5 rings (SSSR count). The topological polar surface area (TPSA) is 82.4 Å². The second-order valence-electron chi connectivity index (χ2n) is 8.20. The molecule has 0 bridgehead atoms. The second-order valence-corrected chi connectivity index (χ2v) is 8.20. The van der Waals surface area contributed by atoms with E-state index in [1.807, 2.05) is 48.2 Å². The number of aryl methyl sites for hydroxylation is 1. The number of hydrogen-bond donors (Lipinski definition) is 0. The smallest absolute Gasteiger partial charge is 0.257 e. The Morgan fingerprint density at radius 2 is 1.85 bits per heavy atom. The van der Waals surface area contributed by atoms with Crippen LogP contribution in [0.15, 0.2) is 67.0 Å². The van der Waals surface area contributed by atoms with Gasteiger partial charge in [0.1, 0.15) is 12.4 Å². The van der Waals surface area contributed by atoms with Crippen LogP contribution in [0.4, 0.5) is 0 Å². The van der Waals surface area contributed by atoms with E-state index in [0.29, 0.717) is 37.1 Å². The van der Waals surface area contributed by atoms with E-state index in [4.69, 9.17) is 9.47 Å². The fourth-order valence-corrected chi connectivity index (χ4v) is 3.97. The number of nitrogens with zero attached hydrogens (tertiary/aromatic N) is 5. The lowest BCUT2D eigenvalue weighted by molar-refractivity contribution is 0.0734. The van der Waals surface area contributed by atoms with E-state index in [0.717, 1.165) is 23.4 Å². The van der Waals surface area contributed by atoms with Gasteiger partial charge in [0.05, 0.1) is 18.9 Å². The molecule has 1 amide bonds. The fraction of sp³-hybridized carbons (Fsp3) is 0.231. The van der Waals surface area contributed by atoms with E-state index in [1.165, 1.54) is 15.8 Å². The first-order valence-corrected chi connectivity index (χ1v) is 11.1. The van der Waals surface area contributed by atoms with Gasteiger partial charge >= 0.3 is 0 Å². The summed E-state index contributed by atoms with van der Waals surface area (Å²) in [5.74, 6) is 1.54. The first-order chi connectivity index (χ1) is 16.6. The summed E-state index contributed by atoms with van der Waals surface area (Å²) in [5.41, 5.74) is 4.73. The average Bonchev–Trinajstić information content (AvgIpc) is 3.37. The Morgan fingerprint density at radius 3 is 2.65 bits per heavy atom. The van der Waals surface area contributed by atoms with Crippen LogP contribution in [0, 0.1) is 6.92 Å². The summed E-state index contributed by atoms with van der Waals surface area (Å²) in [4.78, 5) is 23.9. The van der Waals surface area contributed by atoms with Crippen LogP contribution in [-0.4, -0.2) is 44.2 Å². The van der Waals surface area contributed by atoms with Gasteiger partial charge in [-0.15, -0.1) is 0 Å². The highest BCUT2D eigenvalue weighted by molar-refractivity contribution is 5.94. The molecule has 3 heterocycles. The van der Waals surface area contributed by atoms with Gasteiger partial charge in [-0.2, -0.15) is 10.1 Å². The Balaban J connectivity index is 1.29. The molecule has 0 saturated heterocycles. The molecule has 2 aromatic carbocycles. The van der Waals surface area contributed by atoms with Crippen molar-refractivity contribution in [2.24, 2.45) is 0 Å². The summed E-state index contributed by atoms with van der Waals surface area (Å²) in [7, 11) is 1.64. The van der Waals surface area contributed by atoms with E-state index >= 15 is 0 Å². The minimum Gasteiger partial charge on any atom is -0.497 e. The summed E-state index contributed by atoms with van der Waals surface area (Å²) in [6.45, 7) is 3.52. The monoisotopic (exact) mass is 455 g/mol. The molecule has 34 heavy (non-hydrogen) atoms. The highest BCUT2D eigenvalue weighted by Crippen LogP contribution is 2.21. The number of methoxy groups -OCH3 is 1. The number of aromatic nitrogens is 4. The standard InChI is InChI=1S/C26H25N5O3/c1-18-13-24(34-17-19-7-9-23(33-2)10-8-19)29-26(28-18)31-16-22(14-27-31)25(32)30-12-11-20-5-3-4-6-21(20)15-30/h3-10,13-14,16H,11-12,15,17H2,1-2H3. The van der Waals surface area contributed by atoms with Crippen molar-refractivity contribution >= 4 is 5.91 Å². The minimum atomic E-state index is -0.0515. The molecule has 0 N–H and O–H groups in total.